The van der Waals surface area contributed by atoms with Crippen LogP contribution >= 0.6 is 0 Å². The third-order valence-corrected chi connectivity index (χ3v) is 16.7. The average molecular weight is 1550 g/mol. The van der Waals surface area contributed by atoms with E-state index in [-0.39, 0.29) is 7.43 Å². The maximum absolute atomic E-state index is 4.32. The van der Waals surface area contributed by atoms with Crippen LogP contribution in [0, 0.1) is 47.3 Å². The fourth-order valence-electron chi connectivity index (χ4n) is 12.1. The molecule has 8 aromatic rings. The van der Waals surface area contributed by atoms with Crippen molar-refractivity contribution in [2.75, 3.05) is 0 Å². The van der Waals surface area contributed by atoms with E-state index in [1.807, 2.05) is 67.9 Å². The quantitative estimate of drug-likeness (QED) is 0.145. The maximum Gasteiger partial charge on any atom is 0.115 e. The zero-order valence-electron chi connectivity index (χ0n) is 76.4. The Morgan fingerprint density at radius 2 is 0.398 bits per heavy atom. The van der Waals surface area contributed by atoms with Crippen molar-refractivity contribution < 1.29 is 0 Å². The van der Waals surface area contributed by atoms with Crippen molar-refractivity contribution in [1.29, 1.82) is 0 Å². The van der Waals surface area contributed by atoms with E-state index < -0.39 is 0 Å². The van der Waals surface area contributed by atoms with Crippen LogP contribution < -0.4 is 0 Å². The van der Waals surface area contributed by atoms with Gasteiger partial charge in [0.25, 0.3) is 0 Å². The number of nitrogens with zero attached hydrogens (tertiary/aromatic N) is 10. The van der Waals surface area contributed by atoms with Gasteiger partial charge in [0.05, 0.1) is 23.8 Å². The van der Waals surface area contributed by atoms with E-state index >= 15 is 0 Å². The van der Waals surface area contributed by atoms with Crippen molar-refractivity contribution >= 4 is 0 Å². The first-order chi connectivity index (χ1) is 53.6. The van der Waals surface area contributed by atoms with E-state index in [9.17, 15) is 0 Å². The van der Waals surface area contributed by atoms with Crippen LogP contribution in [0.25, 0.3) is 0 Å². The van der Waals surface area contributed by atoms with E-state index in [0.29, 0.717) is 0 Å². The summed E-state index contributed by atoms with van der Waals surface area (Å²) in [6.45, 7) is 52.0. The summed E-state index contributed by atoms with van der Waals surface area (Å²) >= 11 is 0. The van der Waals surface area contributed by atoms with E-state index in [1.54, 1.807) is 29.8 Å². The highest BCUT2D eigenvalue weighted by Crippen LogP contribution is 2.24. The zero-order valence-corrected chi connectivity index (χ0v) is 76.4. The highest BCUT2D eigenvalue weighted by Gasteiger charge is 2.14. The lowest BCUT2D eigenvalue weighted by Crippen LogP contribution is -2.06. The second kappa shape index (κ2) is 68.3. The van der Waals surface area contributed by atoms with Crippen LogP contribution in [-0.2, 0) is 103 Å². The van der Waals surface area contributed by atoms with Gasteiger partial charge in [-0.25, -0.2) is 9.97 Å². The van der Waals surface area contributed by atoms with Crippen LogP contribution in [0.5, 0.6) is 0 Å². The van der Waals surface area contributed by atoms with Crippen LogP contribution in [0.3, 0.4) is 0 Å². The molecule has 10 heteroatoms. The van der Waals surface area contributed by atoms with Gasteiger partial charge in [-0.1, -0.05) is 210 Å². The molecule has 8 aliphatic carbocycles. The number of pyridine rings is 4. The van der Waals surface area contributed by atoms with Crippen LogP contribution in [0.15, 0.2) is 135 Å². The lowest BCUT2D eigenvalue weighted by molar-refractivity contribution is 0.649. The molecule has 0 amide bonds. The van der Waals surface area contributed by atoms with Gasteiger partial charge in [0.1, 0.15) is 6.33 Å². The molecule has 113 heavy (non-hydrogen) atoms. The molecule has 0 fully saturated rings. The van der Waals surface area contributed by atoms with Crippen molar-refractivity contribution in [1.82, 2.24) is 50.1 Å². The molecule has 7 aromatic heterocycles. The van der Waals surface area contributed by atoms with Crippen LogP contribution in [0.1, 0.15) is 366 Å². The molecule has 0 saturated heterocycles. The average Bonchev–Trinajstić information content (AvgIpc) is 0.940. The van der Waals surface area contributed by atoms with E-state index in [0.717, 1.165) is 66.6 Å². The fourth-order valence-corrected chi connectivity index (χ4v) is 12.1. The molecule has 8 aliphatic rings. The summed E-state index contributed by atoms with van der Waals surface area (Å²) in [5.74, 6) is 6.67. The topological polar surface area (TPSA) is 129 Å². The summed E-state index contributed by atoms with van der Waals surface area (Å²) in [6, 6.07) is 21.6. The normalized spacial score (nSPS) is 14.2. The van der Waals surface area contributed by atoms with E-state index in [1.165, 1.54) is 265 Å². The van der Waals surface area contributed by atoms with Crippen LogP contribution in [0.4, 0.5) is 0 Å². The molecule has 0 aliphatic heterocycles. The molecule has 0 bridgehead atoms. The maximum atomic E-state index is 4.32. The molecule has 10 nitrogen and oxygen atoms in total. The van der Waals surface area contributed by atoms with Gasteiger partial charge in [-0.2, -0.15) is 10.2 Å². The molecule has 0 N–H and O–H groups in total. The third kappa shape index (κ3) is 59.4. The van der Waals surface area contributed by atoms with Gasteiger partial charge in [-0.05, 0) is 338 Å². The smallest absolute Gasteiger partial charge is 0.115 e. The largest absolute Gasteiger partial charge is 0.264 e. The van der Waals surface area contributed by atoms with Crippen molar-refractivity contribution in [3.05, 3.63) is 225 Å². The number of aromatic nitrogens is 10. The second-order valence-electron chi connectivity index (χ2n) is 36.3. The first-order valence-electron chi connectivity index (χ1n) is 44.7. The monoisotopic (exact) mass is 1550 g/mol. The third-order valence-electron chi connectivity index (χ3n) is 16.7. The Morgan fingerprint density at radius 1 is 0.186 bits per heavy atom. The molecule has 0 unspecified atom stereocenters. The lowest BCUT2D eigenvalue weighted by atomic mass is 9.92. The molecule has 632 valence electrons. The summed E-state index contributed by atoms with van der Waals surface area (Å²) in [4.78, 5) is 33.5. The Bertz CT molecular complexity index is 2600. The standard InChI is InChI=1S/C10H12.4C9H11N.3C8H10N2.8C4H10.CH4/c1-2-6-10-8-4-3-7-9(10)5-1;2*1-2-6-9-8(4-1)5-3-7-10-9;2*1-2-4-9-7-10-6-5-8(9)3-1;1-2-4-8-7(3-1)5-9-6-10-8;1-2-4-8-6-10-9-5-7(8)3-1;1-2-4-8-7(3-1)9-5-6-10-8;8*1-4(2)3;/h1-2,5-6H,3-4,7-8H2;2*3,5,7H,1-2,4,6H2;2*5-7H,1-4H2;3*5-6H,1-4H2;8*4H,1-3H3;1H4. The van der Waals surface area contributed by atoms with Crippen LogP contribution in [0.2, 0.25) is 0 Å². The fraction of sp³-hybridized carbons (Fsp3) is 0.631. The predicted octanol–water partition coefficient (Wildman–Crippen LogP) is 28.4. The Hall–Kier alpha value is -6.94. The SMILES string of the molecule is C.CC(C)C.CC(C)C.CC(C)C.CC(C)C.CC(C)C.CC(C)C.CC(C)C.CC(C)C.c1cc2c(cn1)CCCC2.c1cc2c(cn1)CCCC2.c1ccc2c(c1)CCCC2.c1cnc2c(c1)CCCC2.c1cnc2c(c1)CCCC2.c1cnc2c(n1)CCCC2.c1ncc2c(n1)CCCC2.c1nncc2c1CCCC2. The molecular formula is C103H170N10. The van der Waals surface area contributed by atoms with E-state index in [2.05, 4.69) is 265 Å². The summed E-state index contributed by atoms with van der Waals surface area (Å²) < 4.78 is 0. The number of benzene rings is 1. The predicted molar refractivity (Wildman–Crippen MR) is 493 cm³/mol. The molecule has 16 rings (SSSR count). The number of fused-ring (bicyclic) bond motifs is 8. The Balaban J connectivity index is 0.00000120. The molecule has 7 heterocycles. The van der Waals surface area contributed by atoms with Gasteiger partial charge in [0, 0.05) is 72.9 Å². The van der Waals surface area contributed by atoms with Gasteiger partial charge < -0.3 is 0 Å². The molecule has 1 aromatic carbocycles. The molecular weight excluding hydrogens is 1380 g/mol. The molecule has 0 radical (unpaired) electrons. The van der Waals surface area contributed by atoms with Crippen molar-refractivity contribution in [3.63, 3.8) is 0 Å². The van der Waals surface area contributed by atoms with Crippen LogP contribution in [-0.4, -0.2) is 50.1 Å². The van der Waals surface area contributed by atoms with Gasteiger partial charge >= 0.3 is 0 Å². The minimum Gasteiger partial charge on any atom is -0.264 e. The summed E-state index contributed by atoms with van der Waals surface area (Å²) in [5, 5.41) is 7.70. The van der Waals surface area contributed by atoms with E-state index in [4.69, 9.17) is 0 Å². The first kappa shape index (κ1) is 106. The number of hydrogen-bond acceptors (Lipinski definition) is 10. The number of rotatable bonds is 0. The molecule has 0 spiro atoms. The summed E-state index contributed by atoms with van der Waals surface area (Å²) in [7, 11) is 0. The van der Waals surface area contributed by atoms with Gasteiger partial charge in [-0.15, -0.1) is 0 Å². The Morgan fingerprint density at radius 3 is 0.681 bits per heavy atom. The highest BCUT2D eigenvalue weighted by atomic mass is 15.1. The van der Waals surface area contributed by atoms with Crippen molar-refractivity contribution in [2.24, 2.45) is 47.3 Å². The van der Waals surface area contributed by atoms with Gasteiger partial charge in [0.2, 0.25) is 0 Å². The lowest BCUT2D eigenvalue weighted by Gasteiger charge is -2.13. The minimum atomic E-state index is 0. The van der Waals surface area contributed by atoms with Crippen molar-refractivity contribution in [2.45, 2.75) is 379 Å². The van der Waals surface area contributed by atoms with Gasteiger partial charge in [0.15, 0.2) is 0 Å². The van der Waals surface area contributed by atoms with Gasteiger partial charge in [-0.3, -0.25) is 29.9 Å². The highest BCUT2D eigenvalue weighted by molar-refractivity contribution is 5.30. The Kier molecular flexibility index (Phi) is 64.1. The van der Waals surface area contributed by atoms with Crippen molar-refractivity contribution in [3.8, 4) is 0 Å². The second-order valence-corrected chi connectivity index (χ2v) is 36.3. The first-order valence-corrected chi connectivity index (χ1v) is 44.7. The summed E-state index contributed by atoms with van der Waals surface area (Å²) in [5.41, 5.74) is 22.6. The number of hydrogen-bond donors (Lipinski definition) is 0. The minimum absolute atomic E-state index is 0. The summed E-state index contributed by atoms with van der Waals surface area (Å²) in [6.07, 6.45) is 63.3. The molecule has 0 saturated carbocycles. The zero-order chi connectivity index (χ0) is 83.1. The Labute approximate surface area is 697 Å². The number of aryl methyl sites for hydroxylation is 16. The molecule has 0 atom stereocenters.